The third-order valence-corrected chi connectivity index (χ3v) is 6.27. The average molecular weight is 316 g/mol. The van der Waals surface area contributed by atoms with Crippen molar-refractivity contribution in [1.29, 1.82) is 0 Å². The van der Waals surface area contributed by atoms with Crippen LogP contribution in [0.4, 0.5) is 0 Å². The number of esters is 2. The van der Waals surface area contributed by atoms with Crippen LogP contribution in [0.2, 0.25) is 0 Å². The summed E-state index contributed by atoms with van der Waals surface area (Å²) in [6.45, 7) is 3.71. The fraction of sp³-hybridized carbons (Fsp3) is 0.778. The van der Waals surface area contributed by atoms with E-state index >= 15 is 0 Å². The topological polar surface area (TPSA) is 82.1 Å². The lowest BCUT2D eigenvalue weighted by atomic mass is 10.3. The van der Waals surface area contributed by atoms with Gasteiger partial charge in [-0.1, -0.05) is 11.4 Å². The smallest absolute Gasteiger partial charge is 0.320 e. The van der Waals surface area contributed by atoms with Crippen molar-refractivity contribution in [3.63, 3.8) is 0 Å². The molecule has 18 heavy (non-hydrogen) atoms. The molecule has 0 fully saturated rings. The molecule has 0 saturated heterocycles. The predicted molar refractivity (Wildman–Crippen MR) is 72.8 cm³/mol. The first-order valence-corrected chi connectivity index (χ1v) is 9.41. The Balaban J connectivity index is 4.67. The van der Waals surface area contributed by atoms with Gasteiger partial charge < -0.3 is 18.9 Å². The van der Waals surface area contributed by atoms with E-state index in [4.69, 9.17) is 25.8 Å². The fourth-order valence-electron chi connectivity index (χ4n) is 0.974. The molecule has 0 aliphatic carbocycles. The summed E-state index contributed by atoms with van der Waals surface area (Å²) < 4.78 is 14.3. The van der Waals surface area contributed by atoms with Crippen LogP contribution in [0.15, 0.2) is 0 Å². The Bertz CT molecular complexity index is 335. The van der Waals surface area contributed by atoms with E-state index in [0.717, 1.165) is 11.4 Å². The van der Waals surface area contributed by atoms with Crippen molar-refractivity contribution in [1.82, 2.24) is 0 Å². The molecule has 0 saturated carbocycles. The zero-order valence-electron chi connectivity index (χ0n) is 10.5. The molecule has 0 aliphatic rings. The second-order valence-electron chi connectivity index (χ2n) is 3.01. The number of hydrogen-bond donors (Lipinski definition) is 1. The predicted octanol–water partition coefficient (Wildman–Crippen LogP) is 1.47. The first kappa shape index (κ1) is 17.9. The van der Waals surface area contributed by atoms with Gasteiger partial charge in [0.1, 0.15) is 5.25 Å². The number of carbonyl (C=O) groups is 2. The molecule has 0 rings (SSSR count). The maximum Gasteiger partial charge on any atom is 0.320 e. The highest BCUT2D eigenvalue weighted by Crippen LogP contribution is 2.58. The molecule has 1 unspecified atom stereocenters. The summed E-state index contributed by atoms with van der Waals surface area (Å²) >= 11 is 5.52. The molecule has 0 aromatic rings. The molecule has 1 N–H and O–H groups in total. The van der Waals surface area contributed by atoms with Crippen molar-refractivity contribution < 1.29 is 28.5 Å². The van der Waals surface area contributed by atoms with Crippen LogP contribution < -0.4 is 0 Å². The number of rotatable bonds is 8. The Hall–Kier alpha value is -0.140. The summed E-state index contributed by atoms with van der Waals surface area (Å²) in [7, 11) is 1.25. The van der Waals surface area contributed by atoms with Crippen LogP contribution in [0.1, 0.15) is 20.3 Å². The van der Waals surface area contributed by atoms with Gasteiger partial charge in [-0.05, 0) is 25.7 Å². The van der Waals surface area contributed by atoms with Crippen molar-refractivity contribution in [2.24, 2.45) is 0 Å². The van der Waals surface area contributed by atoms with Gasteiger partial charge in [-0.25, -0.2) is 0 Å². The lowest BCUT2D eigenvalue weighted by Crippen LogP contribution is -2.24. The highest BCUT2D eigenvalue weighted by molar-refractivity contribution is 8.68. The van der Waals surface area contributed by atoms with Crippen molar-refractivity contribution in [3.05, 3.63) is 0 Å². The summed E-state index contributed by atoms with van der Waals surface area (Å²) in [5, 5.41) is -0.917. The van der Waals surface area contributed by atoms with Gasteiger partial charge in [0, 0.05) is 7.11 Å². The minimum atomic E-state index is -3.14. The zero-order valence-corrected chi connectivity index (χ0v) is 13.0. The van der Waals surface area contributed by atoms with Crippen LogP contribution >= 0.6 is 17.1 Å². The van der Waals surface area contributed by atoms with E-state index in [1.165, 1.54) is 7.11 Å². The summed E-state index contributed by atoms with van der Waals surface area (Å²) in [6, 6.07) is 0. The molecule has 0 heterocycles. The largest absolute Gasteiger partial charge is 0.466 e. The van der Waals surface area contributed by atoms with E-state index < -0.39 is 22.9 Å². The minimum Gasteiger partial charge on any atom is -0.466 e. The molecular weight excluding hydrogens is 299 g/mol. The van der Waals surface area contributed by atoms with Gasteiger partial charge in [-0.3, -0.25) is 9.59 Å². The lowest BCUT2D eigenvalue weighted by Gasteiger charge is -2.18. The van der Waals surface area contributed by atoms with Crippen molar-refractivity contribution in [2.75, 3.05) is 20.3 Å². The van der Waals surface area contributed by atoms with E-state index in [1.54, 1.807) is 13.8 Å². The molecule has 0 aromatic carbocycles. The standard InChI is InChI=1S/C9H17O6PS2/c1-4-14-8(10)6-7(9(11)15-5-2)18-16(12,17)13-3/h7H,4-6H2,1-3H3,(H,12,17)/t7-,16?/m1/s1. The molecule has 0 spiro atoms. The van der Waals surface area contributed by atoms with Crippen molar-refractivity contribution >= 4 is 40.8 Å². The van der Waals surface area contributed by atoms with E-state index in [-0.39, 0.29) is 19.6 Å². The van der Waals surface area contributed by atoms with Gasteiger partial charge in [0.05, 0.1) is 19.6 Å². The van der Waals surface area contributed by atoms with Gasteiger partial charge in [0.2, 0.25) is 5.69 Å². The number of ether oxygens (including phenoxy) is 2. The van der Waals surface area contributed by atoms with E-state index in [0.29, 0.717) is 0 Å². The maximum absolute atomic E-state index is 11.6. The van der Waals surface area contributed by atoms with Gasteiger partial charge >= 0.3 is 11.9 Å². The normalized spacial score (nSPS) is 15.6. The Morgan fingerprint density at radius 1 is 1.33 bits per heavy atom. The third kappa shape index (κ3) is 7.33. The molecule has 0 radical (unpaired) electrons. The van der Waals surface area contributed by atoms with Crippen LogP contribution in [0.25, 0.3) is 0 Å². The highest BCUT2D eigenvalue weighted by atomic mass is 32.9. The molecule has 2 atom stereocenters. The zero-order chi connectivity index (χ0) is 14.2. The second-order valence-corrected chi connectivity index (χ2v) is 9.38. The quantitative estimate of drug-likeness (QED) is 0.532. The number of carbonyl (C=O) groups excluding carboxylic acids is 2. The average Bonchev–Trinajstić information content (AvgIpc) is 2.28. The van der Waals surface area contributed by atoms with Crippen LogP contribution in [-0.4, -0.2) is 42.4 Å². The minimum absolute atomic E-state index is 0.181. The monoisotopic (exact) mass is 316 g/mol. The van der Waals surface area contributed by atoms with Crippen molar-refractivity contribution in [2.45, 2.75) is 25.5 Å². The first-order chi connectivity index (χ1) is 8.36. The highest BCUT2D eigenvalue weighted by Gasteiger charge is 2.30. The molecule has 0 amide bonds. The molecule has 0 aromatic heterocycles. The second kappa shape index (κ2) is 8.87. The molecule has 0 bridgehead atoms. The Morgan fingerprint density at radius 2 is 1.89 bits per heavy atom. The van der Waals surface area contributed by atoms with Crippen LogP contribution in [0.5, 0.6) is 0 Å². The summed E-state index contributed by atoms with van der Waals surface area (Å²) in [5.74, 6) is -1.16. The number of hydrogen-bond acceptors (Lipinski definition) is 7. The molecule has 9 heteroatoms. The lowest BCUT2D eigenvalue weighted by molar-refractivity contribution is -0.149. The fourth-order valence-corrected chi connectivity index (χ4v) is 4.39. The van der Waals surface area contributed by atoms with Gasteiger partial charge in [0.15, 0.2) is 0 Å². The van der Waals surface area contributed by atoms with Crippen LogP contribution in [-0.2, 0) is 35.4 Å². The van der Waals surface area contributed by atoms with Gasteiger partial charge in [-0.15, -0.1) is 0 Å². The third-order valence-electron chi connectivity index (χ3n) is 1.70. The van der Waals surface area contributed by atoms with E-state index in [1.807, 2.05) is 0 Å². The SMILES string of the molecule is CCOC(=O)C[C@@H](SP(O)(=S)OC)C(=O)OCC. The van der Waals surface area contributed by atoms with Crippen molar-refractivity contribution in [3.8, 4) is 0 Å². The van der Waals surface area contributed by atoms with Gasteiger partial charge in [0.25, 0.3) is 0 Å². The summed E-state index contributed by atoms with van der Waals surface area (Å²) in [4.78, 5) is 32.6. The van der Waals surface area contributed by atoms with Gasteiger partial charge in [-0.2, -0.15) is 0 Å². The summed E-state index contributed by atoms with van der Waals surface area (Å²) in [6.07, 6.45) is -0.209. The van der Waals surface area contributed by atoms with Crippen LogP contribution in [0, 0.1) is 0 Å². The molecule has 0 aliphatic heterocycles. The molecule has 106 valence electrons. The first-order valence-electron chi connectivity index (χ1n) is 5.25. The van der Waals surface area contributed by atoms with Crippen LogP contribution in [0.3, 0.4) is 0 Å². The molecular formula is C9H17O6PS2. The molecule has 6 nitrogen and oxygen atoms in total. The van der Waals surface area contributed by atoms with E-state index in [2.05, 4.69) is 0 Å². The Kier molecular flexibility index (Phi) is 8.81. The Labute approximate surface area is 115 Å². The Morgan fingerprint density at radius 3 is 2.33 bits per heavy atom. The summed E-state index contributed by atoms with van der Waals surface area (Å²) in [5.41, 5.74) is -3.14. The maximum atomic E-state index is 11.6. The van der Waals surface area contributed by atoms with E-state index in [9.17, 15) is 14.5 Å².